The molecule has 0 amide bonds. The lowest BCUT2D eigenvalue weighted by Gasteiger charge is -2.14. The summed E-state index contributed by atoms with van der Waals surface area (Å²) in [6.07, 6.45) is 2.89. The van der Waals surface area contributed by atoms with Crippen molar-refractivity contribution in [3.63, 3.8) is 0 Å². The number of allylic oxidation sites excluding steroid dienone is 1. The summed E-state index contributed by atoms with van der Waals surface area (Å²) in [6, 6.07) is 0. The second-order valence-electron chi connectivity index (χ2n) is 2.65. The molecule has 1 unspecified atom stereocenters. The maximum Gasteiger partial charge on any atom is 0.159 e. The van der Waals surface area contributed by atoms with Gasteiger partial charge in [-0.1, -0.05) is 13.8 Å². The van der Waals surface area contributed by atoms with E-state index in [2.05, 4.69) is 24.4 Å². The highest BCUT2D eigenvalue weighted by Gasteiger charge is 2.07. The Balaban J connectivity index is 2.66. The maximum atomic E-state index is 9.03. The van der Waals surface area contributed by atoms with Gasteiger partial charge >= 0.3 is 0 Å². The SMILES string of the molecule is CC(C)C1=CC(O)NN=C1. The number of hydrazone groups is 1. The molecule has 0 aromatic rings. The summed E-state index contributed by atoms with van der Waals surface area (Å²) in [6.45, 7) is 4.13. The lowest BCUT2D eigenvalue weighted by molar-refractivity contribution is 0.184. The van der Waals surface area contributed by atoms with E-state index >= 15 is 0 Å². The zero-order valence-corrected chi connectivity index (χ0v) is 6.20. The Kier molecular flexibility index (Phi) is 2.06. The van der Waals surface area contributed by atoms with Crippen LogP contribution >= 0.6 is 0 Å². The number of aliphatic hydroxyl groups excluding tert-OH is 1. The number of rotatable bonds is 1. The van der Waals surface area contributed by atoms with Crippen LogP contribution in [0.2, 0.25) is 0 Å². The van der Waals surface area contributed by atoms with E-state index in [9.17, 15) is 0 Å². The molecular formula is C7H12N2O. The molecule has 0 aliphatic carbocycles. The molecule has 10 heavy (non-hydrogen) atoms. The summed E-state index contributed by atoms with van der Waals surface area (Å²) in [4.78, 5) is 0. The fraction of sp³-hybridized carbons (Fsp3) is 0.571. The minimum Gasteiger partial charge on any atom is -0.369 e. The topological polar surface area (TPSA) is 44.6 Å². The molecule has 1 atom stereocenters. The fourth-order valence-corrected chi connectivity index (χ4v) is 0.792. The molecule has 0 radical (unpaired) electrons. The van der Waals surface area contributed by atoms with Crippen molar-refractivity contribution in [3.8, 4) is 0 Å². The summed E-state index contributed by atoms with van der Waals surface area (Å²) in [5, 5.41) is 12.8. The van der Waals surface area contributed by atoms with Crippen LogP contribution in [-0.4, -0.2) is 17.5 Å². The normalized spacial score (nSPS) is 24.4. The van der Waals surface area contributed by atoms with E-state index in [1.54, 1.807) is 12.3 Å². The number of hydrogen-bond acceptors (Lipinski definition) is 3. The second kappa shape index (κ2) is 2.84. The van der Waals surface area contributed by atoms with Gasteiger partial charge in [-0.05, 0) is 17.6 Å². The molecule has 0 aromatic carbocycles. The minimum atomic E-state index is -0.609. The number of nitrogens with one attached hydrogen (secondary N) is 1. The van der Waals surface area contributed by atoms with Gasteiger partial charge in [0.05, 0.1) is 6.21 Å². The van der Waals surface area contributed by atoms with Crippen molar-refractivity contribution >= 4 is 6.21 Å². The zero-order chi connectivity index (χ0) is 7.56. The smallest absolute Gasteiger partial charge is 0.159 e. The first-order valence-corrected chi connectivity index (χ1v) is 3.38. The molecule has 1 rings (SSSR count). The van der Waals surface area contributed by atoms with Gasteiger partial charge in [-0.15, -0.1) is 0 Å². The lowest BCUT2D eigenvalue weighted by atomic mass is 10.0. The van der Waals surface area contributed by atoms with Gasteiger partial charge in [0.2, 0.25) is 0 Å². The fourth-order valence-electron chi connectivity index (χ4n) is 0.792. The van der Waals surface area contributed by atoms with Crippen LogP contribution in [0.25, 0.3) is 0 Å². The summed E-state index contributed by atoms with van der Waals surface area (Å²) in [5.74, 6) is 0.431. The molecule has 3 nitrogen and oxygen atoms in total. The summed E-state index contributed by atoms with van der Waals surface area (Å²) < 4.78 is 0. The number of hydrogen-bond donors (Lipinski definition) is 2. The largest absolute Gasteiger partial charge is 0.369 e. The Morgan fingerprint density at radius 2 is 2.40 bits per heavy atom. The van der Waals surface area contributed by atoms with Crippen LogP contribution in [-0.2, 0) is 0 Å². The first-order valence-electron chi connectivity index (χ1n) is 3.38. The first kappa shape index (κ1) is 7.28. The van der Waals surface area contributed by atoms with Crippen molar-refractivity contribution in [2.24, 2.45) is 11.0 Å². The molecule has 0 saturated heterocycles. The molecular weight excluding hydrogens is 128 g/mol. The summed E-state index contributed by atoms with van der Waals surface area (Å²) in [5.41, 5.74) is 3.59. The van der Waals surface area contributed by atoms with Crippen LogP contribution < -0.4 is 5.43 Å². The van der Waals surface area contributed by atoms with Crippen LogP contribution in [0.15, 0.2) is 16.8 Å². The van der Waals surface area contributed by atoms with Gasteiger partial charge < -0.3 is 5.11 Å². The Hall–Kier alpha value is -0.830. The van der Waals surface area contributed by atoms with E-state index in [0.29, 0.717) is 5.92 Å². The minimum absolute atomic E-state index is 0.431. The van der Waals surface area contributed by atoms with Crippen LogP contribution in [0.5, 0.6) is 0 Å². The highest BCUT2D eigenvalue weighted by atomic mass is 16.3. The lowest BCUT2D eigenvalue weighted by Crippen LogP contribution is -2.26. The van der Waals surface area contributed by atoms with Gasteiger partial charge in [-0.3, -0.25) is 5.43 Å². The summed E-state index contributed by atoms with van der Waals surface area (Å²) >= 11 is 0. The van der Waals surface area contributed by atoms with Gasteiger partial charge in [0, 0.05) is 0 Å². The Morgan fingerprint density at radius 3 is 2.80 bits per heavy atom. The van der Waals surface area contributed by atoms with E-state index < -0.39 is 6.23 Å². The summed E-state index contributed by atoms with van der Waals surface area (Å²) in [7, 11) is 0. The third kappa shape index (κ3) is 1.57. The zero-order valence-electron chi connectivity index (χ0n) is 6.20. The molecule has 3 heteroatoms. The highest BCUT2D eigenvalue weighted by molar-refractivity contribution is 5.79. The molecule has 1 heterocycles. The number of nitrogens with zero attached hydrogens (tertiary/aromatic N) is 1. The van der Waals surface area contributed by atoms with E-state index in [1.165, 1.54) is 0 Å². The van der Waals surface area contributed by atoms with Gasteiger partial charge in [0.15, 0.2) is 6.23 Å². The predicted octanol–water partition coefficient (Wildman–Crippen LogP) is 0.476. The van der Waals surface area contributed by atoms with Gasteiger partial charge in [-0.25, -0.2) is 0 Å². The molecule has 0 spiro atoms. The van der Waals surface area contributed by atoms with Gasteiger partial charge in [-0.2, -0.15) is 5.10 Å². The Bertz CT molecular complexity index is 172. The van der Waals surface area contributed by atoms with Crippen molar-refractivity contribution < 1.29 is 5.11 Å². The quantitative estimate of drug-likeness (QED) is 0.556. The molecule has 1 aliphatic rings. The Labute approximate surface area is 60.4 Å². The highest BCUT2D eigenvalue weighted by Crippen LogP contribution is 2.09. The van der Waals surface area contributed by atoms with Crippen LogP contribution in [0.4, 0.5) is 0 Å². The third-order valence-corrected chi connectivity index (χ3v) is 1.44. The third-order valence-electron chi connectivity index (χ3n) is 1.44. The first-order chi connectivity index (χ1) is 4.70. The molecule has 1 aliphatic heterocycles. The van der Waals surface area contributed by atoms with Crippen LogP contribution in [0, 0.1) is 5.92 Å². The predicted molar refractivity (Wildman–Crippen MR) is 40.6 cm³/mol. The van der Waals surface area contributed by atoms with Gasteiger partial charge in [0.1, 0.15) is 0 Å². The standard InChI is InChI=1S/C7H12N2O/c1-5(2)6-3-7(10)9-8-4-6/h3-5,7,9-10H,1-2H3. The maximum absolute atomic E-state index is 9.03. The number of aliphatic hydroxyl groups is 1. The molecule has 0 fully saturated rings. The average Bonchev–Trinajstić information content (AvgIpc) is 1.88. The molecule has 0 saturated carbocycles. The van der Waals surface area contributed by atoms with Crippen molar-refractivity contribution in [2.75, 3.05) is 0 Å². The van der Waals surface area contributed by atoms with Crippen LogP contribution in [0.1, 0.15) is 13.8 Å². The van der Waals surface area contributed by atoms with E-state index in [1.807, 2.05) is 0 Å². The van der Waals surface area contributed by atoms with E-state index in [-0.39, 0.29) is 0 Å². The molecule has 0 bridgehead atoms. The monoisotopic (exact) mass is 140 g/mol. The molecule has 2 N–H and O–H groups in total. The van der Waals surface area contributed by atoms with Crippen LogP contribution in [0.3, 0.4) is 0 Å². The van der Waals surface area contributed by atoms with Crippen molar-refractivity contribution in [2.45, 2.75) is 20.1 Å². The molecule has 56 valence electrons. The van der Waals surface area contributed by atoms with Gasteiger partial charge in [0.25, 0.3) is 0 Å². The Morgan fingerprint density at radius 1 is 1.70 bits per heavy atom. The second-order valence-corrected chi connectivity index (χ2v) is 2.65. The van der Waals surface area contributed by atoms with E-state index in [4.69, 9.17) is 5.11 Å². The van der Waals surface area contributed by atoms with Crippen molar-refractivity contribution in [3.05, 3.63) is 11.6 Å². The van der Waals surface area contributed by atoms with Crippen molar-refractivity contribution in [1.29, 1.82) is 0 Å². The van der Waals surface area contributed by atoms with Crippen molar-refractivity contribution in [1.82, 2.24) is 5.43 Å². The van der Waals surface area contributed by atoms with E-state index in [0.717, 1.165) is 5.57 Å². The molecule has 0 aromatic heterocycles. The average molecular weight is 140 g/mol.